The Morgan fingerprint density at radius 2 is 1.62 bits per heavy atom. The van der Waals surface area contributed by atoms with Gasteiger partial charge in [-0.25, -0.2) is 0 Å². The summed E-state index contributed by atoms with van der Waals surface area (Å²) < 4.78 is 5.81. The van der Waals surface area contributed by atoms with Crippen LogP contribution in [0.1, 0.15) is 17.5 Å². The van der Waals surface area contributed by atoms with Gasteiger partial charge in [-0.1, -0.05) is 66.7 Å². The molecule has 2 aromatic carbocycles. The van der Waals surface area contributed by atoms with E-state index in [2.05, 4.69) is 18.7 Å². The van der Waals surface area contributed by atoms with Crippen LogP contribution in [0.4, 0.5) is 0 Å². The predicted molar refractivity (Wildman–Crippen MR) is 96.0 cm³/mol. The van der Waals surface area contributed by atoms with Gasteiger partial charge in [-0.15, -0.1) is 6.58 Å². The van der Waals surface area contributed by atoms with Crippen LogP contribution in [0.15, 0.2) is 73.3 Å². The van der Waals surface area contributed by atoms with Crippen molar-refractivity contribution in [3.8, 4) is 0 Å². The van der Waals surface area contributed by atoms with Crippen molar-refractivity contribution in [2.45, 2.75) is 25.4 Å². The molecule has 0 aliphatic rings. The van der Waals surface area contributed by atoms with Crippen LogP contribution in [-0.4, -0.2) is 23.8 Å². The zero-order valence-corrected chi connectivity index (χ0v) is 13.8. The minimum Gasteiger partial charge on any atom is -0.481 e. The van der Waals surface area contributed by atoms with Gasteiger partial charge in [-0.3, -0.25) is 4.79 Å². The van der Waals surface area contributed by atoms with Crippen molar-refractivity contribution < 1.29 is 14.6 Å². The van der Waals surface area contributed by atoms with Crippen LogP contribution in [0.25, 0.3) is 0 Å². The van der Waals surface area contributed by atoms with Gasteiger partial charge in [0.1, 0.15) is 0 Å². The Morgan fingerprint density at radius 1 is 1.04 bits per heavy atom. The lowest BCUT2D eigenvalue weighted by Gasteiger charge is -2.24. The molecule has 1 N–H and O–H groups in total. The molecule has 0 spiro atoms. The molecule has 0 amide bonds. The van der Waals surface area contributed by atoms with Gasteiger partial charge in [0.25, 0.3) is 0 Å². The third kappa shape index (κ3) is 5.67. The van der Waals surface area contributed by atoms with E-state index in [0.29, 0.717) is 19.4 Å². The number of aliphatic carboxylic acids is 1. The second kappa shape index (κ2) is 9.68. The lowest BCUT2D eigenvalue weighted by molar-refractivity contribution is -0.147. The van der Waals surface area contributed by atoms with Gasteiger partial charge in [0.05, 0.1) is 18.6 Å². The molecule has 2 atom stereocenters. The van der Waals surface area contributed by atoms with E-state index in [1.54, 1.807) is 6.08 Å². The van der Waals surface area contributed by atoms with Crippen molar-refractivity contribution in [1.29, 1.82) is 0 Å². The molecule has 2 aromatic rings. The highest BCUT2D eigenvalue weighted by atomic mass is 16.5. The molecule has 0 saturated heterocycles. The van der Waals surface area contributed by atoms with Gasteiger partial charge < -0.3 is 9.84 Å². The number of hydrogen-bond acceptors (Lipinski definition) is 2. The first kappa shape index (κ1) is 18.0. The molecule has 0 aliphatic heterocycles. The molecule has 0 fully saturated rings. The summed E-state index contributed by atoms with van der Waals surface area (Å²) in [6.45, 7) is 4.03. The number of carboxylic acids is 1. The van der Waals surface area contributed by atoms with Crippen LogP contribution in [0.2, 0.25) is 0 Å². The lowest BCUT2D eigenvalue weighted by Crippen LogP contribution is -2.33. The number of hydrogen-bond donors (Lipinski definition) is 1. The Kier molecular flexibility index (Phi) is 7.24. The van der Waals surface area contributed by atoms with Crippen molar-refractivity contribution in [2.75, 3.05) is 6.61 Å². The Bertz CT molecular complexity index is 622. The lowest BCUT2D eigenvalue weighted by atomic mass is 9.90. The van der Waals surface area contributed by atoms with E-state index in [-0.39, 0.29) is 6.10 Å². The molecule has 3 nitrogen and oxygen atoms in total. The molecule has 2 rings (SSSR count). The van der Waals surface area contributed by atoms with E-state index in [1.807, 2.05) is 48.5 Å². The van der Waals surface area contributed by atoms with Crippen molar-refractivity contribution in [2.24, 2.45) is 5.92 Å². The van der Waals surface area contributed by atoms with E-state index < -0.39 is 11.9 Å². The third-order valence-electron chi connectivity index (χ3n) is 4.05. The molecule has 126 valence electrons. The largest absolute Gasteiger partial charge is 0.481 e. The highest BCUT2D eigenvalue weighted by Gasteiger charge is 2.28. The molecule has 0 unspecified atom stereocenters. The van der Waals surface area contributed by atoms with E-state index in [9.17, 15) is 9.90 Å². The Balaban J connectivity index is 2.09. The second-order valence-electron chi connectivity index (χ2n) is 5.82. The van der Waals surface area contributed by atoms with E-state index in [4.69, 9.17) is 4.74 Å². The van der Waals surface area contributed by atoms with Crippen LogP contribution in [0.3, 0.4) is 0 Å². The van der Waals surface area contributed by atoms with Gasteiger partial charge in [0, 0.05) is 0 Å². The Hall–Kier alpha value is -2.39. The summed E-state index contributed by atoms with van der Waals surface area (Å²) in [5.41, 5.74) is 2.20. The first-order valence-electron chi connectivity index (χ1n) is 8.24. The summed E-state index contributed by atoms with van der Waals surface area (Å²) in [5, 5.41) is 9.70. The summed E-state index contributed by atoms with van der Waals surface area (Å²) in [6, 6.07) is 19.8. The van der Waals surface area contributed by atoms with Gasteiger partial charge in [0.15, 0.2) is 0 Å². The number of aryl methyl sites for hydroxylation is 1. The van der Waals surface area contributed by atoms with Crippen LogP contribution < -0.4 is 0 Å². The van der Waals surface area contributed by atoms with Gasteiger partial charge >= 0.3 is 5.97 Å². The minimum absolute atomic E-state index is 0.346. The Morgan fingerprint density at radius 3 is 2.17 bits per heavy atom. The highest BCUT2D eigenvalue weighted by Crippen LogP contribution is 2.20. The standard InChI is InChI=1S/C21H24O3/c1-2-15-24-20(14-13-17-9-5-3-6-10-17)19(21(22)23)16-18-11-7-4-8-12-18/h2-12,19-20H,1,13-16H2,(H,22,23)/t19-,20+/m0/s1. The van der Waals surface area contributed by atoms with Crippen molar-refractivity contribution in [3.63, 3.8) is 0 Å². The topological polar surface area (TPSA) is 46.5 Å². The smallest absolute Gasteiger partial charge is 0.309 e. The fourth-order valence-corrected chi connectivity index (χ4v) is 2.79. The SMILES string of the molecule is C=CCO[C@H](CCc1ccccc1)[C@H](Cc1ccccc1)C(=O)O. The normalized spacial score (nSPS) is 13.2. The Labute approximate surface area is 143 Å². The van der Waals surface area contributed by atoms with Crippen LogP contribution in [0, 0.1) is 5.92 Å². The average molecular weight is 324 g/mol. The predicted octanol–water partition coefficient (Wildman–Crippen LogP) is 4.13. The quantitative estimate of drug-likeness (QED) is 0.668. The molecular weight excluding hydrogens is 300 g/mol. The van der Waals surface area contributed by atoms with Crippen LogP contribution in [0.5, 0.6) is 0 Å². The molecular formula is C21H24O3. The fraction of sp³-hybridized carbons (Fsp3) is 0.286. The average Bonchev–Trinajstić information content (AvgIpc) is 2.62. The second-order valence-corrected chi connectivity index (χ2v) is 5.82. The summed E-state index contributed by atoms with van der Waals surface area (Å²) >= 11 is 0. The van der Waals surface area contributed by atoms with Crippen LogP contribution in [-0.2, 0) is 22.4 Å². The monoisotopic (exact) mass is 324 g/mol. The molecule has 0 radical (unpaired) electrons. The fourth-order valence-electron chi connectivity index (χ4n) is 2.79. The molecule has 24 heavy (non-hydrogen) atoms. The van der Waals surface area contributed by atoms with Crippen LogP contribution >= 0.6 is 0 Å². The number of ether oxygens (including phenoxy) is 1. The minimum atomic E-state index is -0.819. The summed E-state index contributed by atoms with van der Waals surface area (Å²) in [6.07, 6.45) is 3.24. The zero-order valence-electron chi connectivity index (χ0n) is 13.8. The summed E-state index contributed by atoms with van der Waals surface area (Å²) in [7, 11) is 0. The van der Waals surface area contributed by atoms with E-state index in [0.717, 1.165) is 12.0 Å². The van der Waals surface area contributed by atoms with E-state index in [1.165, 1.54) is 5.56 Å². The number of rotatable bonds is 10. The van der Waals surface area contributed by atoms with Gasteiger partial charge in [-0.05, 0) is 30.4 Å². The van der Waals surface area contributed by atoms with E-state index >= 15 is 0 Å². The number of carboxylic acid groups (broad SMARTS) is 1. The van der Waals surface area contributed by atoms with Gasteiger partial charge in [-0.2, -0.15) is 0 Å². The molecule has 0 aliphatic carbocycles. The van der Waals surface area contributed by atoms with Crippen molar-refractivity contribution in [1.82, 2.24) is 0 Å². The molecule has 0 bridgehead atoms. The first-order chi connectivity index (χ1) is 11.7. The van der Waals surface area contributed by atoms with Crippen molar-refractivity contribution >= 4 is 5.97 Å². The molecule has 3 heteroatoms. The highest BCUT2D eigenvalue weighted by molar-refractivity contribution is 5.71. The molecule has 0 saturated carbocycles. The summed E-state index contributed by atoms with van der Waals surface area (Å²) in [5.74, 6) is -1.39. The maximum Gasteiger partial charge on any atom is 0.309 e. The number of benzene rings is 2. The first-order valence-corrected chi connectivity index (χ1v) is 8.24. The van der Waals surface area contributed by atoms with Gasteiger partial charge in [0.2, 0.25) is 0 Å². The molecule has 0 aromatic heterocycles. The maximum atomic E-state index is 11.8. The van der Waals surface area contributed by atoms with Crippen molar-refractivity contribution in [3.05, 3.63) is 84.4 Å². The number of carbonyl (C=O) groups is 1. The molecule has 0 heterocycles. The summed E-state index contributed by atoms with van der Waals surface area (Å²) in [4.78, 5) is 11.8. The zero-order chi connectivity index (χ0) is 17.2. The maximum absolute atomic E-state index is 11.8. The third-order valence-corrected chi connectivity index (χ3v) is 4.05.